The van der Waals surface area contributed by atoms with E-state index in [1.54, 1.807) is 0 Å². The maximum Gasteiger partial charge on any atom is 0.468 e. The summed E-state index contributed by atoms with van der Waals surface area (Å²) in [6.45, 7) is -1.59. The first kappa shape index (κ1) is 29.9. The van der Waals surface area contributed by atoms with Crippen molar-refractivity contribution in [1.82, 2.24) is 0 Å². The van der Waals surface area contributed by atoms with Crippen LogP contribution in [0.5, 0.6) is 0 Å². The van der Waals surface area contributed by atoms with E-state index in [4.69, 9.17) is 9.29 Å². The first-order valence-electron chi connectivity index (χ1n) is 11.7. The van der Waals surface area contributed by atoms with Gasteiger partial charge in [-0.25, -0.2) is 4.79 Å². The van der Waals surface area contributed by atoms with Gasteiger partial charge in [-0.1, -0.05) is 12.8 Å². The molecule has 37 heavy (non-hydrogen) atoms. The van der Waals surface area contributed by atoms with E-state index < -0.39 is 70.2 Å². The van der Waals surface area contributed by atoms with E-state index in [1.807, 2.05) is 0 Å². The second-order valence-electron chi connectivity index (χ2n) is 9.90. The van der Waals surface area contributed by atoms with Crippen molar-refractivity contribution in [3.05, 3.63) is 0 Å². The molecular formula is C21H27F7O8S. The Kier molecular flexibility index (Phi) is 7.92. The lowest BCUT2D eigenvalue weighted by atomic mass is 9.49. The van der Waals surface area contributed by atoms with Crippen molar-refractivity contribution in [2.75, 3.05) is 13.2 Å². The molecule has 0 heterocycles. The Morgan fingerprint density at radius 1 is 0.973 bits per heavy atom. The van der Waals surface area contributed by atoms with E-state index in [1.165, 1.54) is 0 Å². The van der Waals surface area contributed by atoms with Gasteiger partial charge in [0.05, 0.1) is 18.6 Å². The number of alkyl halides is 7. The van der Waals surface area contributed by atoms with Gasteiger partial charge in [0.1, 0.15) is 0 Å². The fourth-order valence-corrected chi connectivity index (χ4v) is 6.41. The zero-order valence-electron chi connectivity index (χ0n) is 19.7. The van der Waals surface area contributed by atoms with Crippen molar-refractivity contribution in [1.29, 1.82) is 0 Å². The predicted octanol–water partition coefficient (Wildman–Crippen LogP) is 4.48. The maximum atomic E-state index is 14.3. The highest BCUT2D eigenvalue weighted by molar-refractivity contribution is 7.87. The summed E-state index contributed by atoms with van der Waals surface area (Å²) in [4.78, 5) is 25.8. The normalized spacial score (nSPS) is 29.9. The number of rotatable bonds is 10. The second-order valence-corrected chi connectivity index (χ2v) is 11.4. The van der Waals surface area contributed by atoms with E-state index >= 15 is 0 Å². The summed E-state index contributed by atoms with van der Waals surface area (Å²) in [5.41, 5.74) is -1.36. The molecule has 3 fully saturated rings. The Balaban J connectivity index is 1.92. The highest BCUT2D eigenvalue weighted by Crippen LogP contribution is 2.61. The van der Waals surface area contributed by atoms with Crippen LogP contribution in [0.4, 0.5) is 30.7 Å². The number of carbonyl (C=O) groups is 2. The Morgan fingerprint density at radius 3 is 1.97 bits per heavy atom. The van der Waals surface area contributed by atoms with Crippen molar-refractivity contribution in [3.63, 3.8) is 0 Å². The summed E-state index contributed by atoms with van der Waals surface area (Å²) in [6, 6.07) is 0. The smallest absolute Gasteiger partial charge is 0.461 e. The molecule has 8 nitrogen and oxygen atoms in total. The number of hydrogen-bond donors (Lipinski definition) is 1. The largest absolute Gasteiger partial charge is 0.468 e. The van der Waals surface area contributed by atoms with Crippen molar-refractivity contribution in [2.24, 2.45) is 23.2 Å². The van der Waals surface area contributed by atoms with Gasteiger partial charge in [-0.05, 0) is 56.8 Å². The molecule has 0 aromatic carbocycles. The molecule has 0 radical (unpaired) electrons. The molecule has 3 aliphatic rings. The number of ether oxygens (including phenoxy) is 3. The number of carbonyl (C=O) groups excluding carboxylic acids is 2. The summed E-state index contributed by atoms with van der Waals surface area (Å²) in [6.07, 6.45) is -4.45. The molecule has 3 saturated carbocycles. The Morgan fingerprint density at radius 2 is 1.51 bits per heavy atom. The van der Waals surface area contributed by atoms with Crippen LogP contribution < -0.4 is 0 Å². The fourth-order valence-electron chi connectivity index (χ4n) is 5.93. The minimum atomic E-state index is -6.67. The lowest BCUT2D eigenvalue weighted by Gasteiger charge is -2.55. The predicted molar refractivity (Wildman–Crippen MR) is 109 cm³/mol. The maximum absolute atomic E-state index is 14.3. The van der Waals surface area contributed by atoms with Gasteiger partial charge in [0.2, 0.25) is 0 Å². The summed E-state index contributed by atoms with van der Waals surface area (Å²) in [5, 5.41) is -6.08. The first-order valence-corrected chi connectivity index (χ1v) is 13.1. The lowest BCUT2D eigenvalue weighted by Crippen LogP contribution is -2.62. The monoisotopic (exact) mass is 572 g/mol. The lowest BCUT2D eigenvalue weighted by molar-refractivity contribution is -0.361. The third-order valence-electron chi connectivity index (χ3n) is 7.63. The number of halogens is 7. The average Bonchev–Trinajstić information content (AvgIpc) is 2.75. The SMILES string of the molecule is CCOC(=O)C(OCCC(F)(F)C(F)(F)S(=O)(=O)O)(OC(=O)C12CC3CCC1CCC(C3)C2)C(F)(F)F. The third kappa shape index (κ3) is 5.16. The van der Waals surface area contributed by atoms with Crippen LogP contribution in [0.1, 0.15) is 58.3 Å². The molecular weight excluding hydrogens is 545 g/mol. The van der Waals surface area contributed by atoms with Gasteiger partial charge in [0, 0.05) is 6.42 Å². The fraction of sp³-hybridized carbons (Fsp3) is 0.905. The van der Waals surface area contributed by atoms with Crippen LogP contribution in [-0.2, 0) is 33.9 Å². The zero-order valence-corrected chi connectivity index (χ0v) is 20.5. The Hall–Kier alpha value is -1.68. The highest BCUT2D eigenvalue weighted by atomic mass is 32.2. The van der Waals surface area contributed by atoms with Crippen LogP contribution in [0.15, 0.2) is 0 Å². The van der Waals surface area contributed by atoms with Gasteiger partial charge in [-0.2, -0.15) is 39.2 Å². The van der Waals surface area contributed by atoms with Gasteiger partial charge in [-0.15, -0.1) is 0 Å². The van der Waals surface area contributed by atoms with Gasteiger partial charge in [0.25, 0.3) is 0 Å². The molecule has 0 saturated heterocycles. The van der Waals surface area contributed by atoms with E-state index in [0.717, 1.165) is 26.2 Å². The molecule has 0 amide bonds. The van der Waals surface area contributed by atoms with Gasteiger partial charge < -0.3 is 14.2 Å². The topological polar surface area (TPSA) is 116 Å². The summed E-state index contributed by atoms with van der Waals surface area (Å²) in [7, 11) is -6.67. The first-order chi connectivity index (χ1) is 16.8. The van der Waals surface area contributed by atoms with Crippen LogP contribution in [0.25, 0.3) is 0 Å². The third-order valence-corrected chi connectivity index (χ3v) is 8.58. The molecule has 3 rings (SSSR count). The van der Waals surface area contributed by atoms with E-state index in [0.29, 0.717) is 12.8 Å². The summed E-state index contributed by atoms with van der Waals surface area (Å²) >= 11 is 0. The standard InChI is InChI=1S/C21H27F7O8S/c1-2-34-16(30)19(20(24,25)26,35-8-7-18(22,23)21(27,28)37(31,32)33)36-15(29)17-10-12-3-5-14(17)6-4-13(9-12)11-17/h12-14H,2-11H2,1H3,(H,31,32,33). The summed E-state index contributed by atoms with van der Waals surface area (Å²) in [5.74, 6) is -14.2. The Bertz CT molecular complexity index is 983. The quantitative estimate of drug-likeness (QED) is 0.176. The van der Waals surface area contributed by atoms with E-state index in [-0.39, 0.29) is 30.6 Å². The van der Waals surface area contributed by atoms with Gasteiger partial charge in [-0.3, -0.25) is 9.35 Å². The minimum absolute atomic E-state index is 0.0491. The molecule has 0 spiro atoms. The number of fused-ring (bicyclic) bond motifs is 2. The number of esters is 2. The molecule has 3 unspecified atom stereocenters. The molecule has 0 aliphatic heterocycles. The van der Waals surface area contributed by atoms with Crippen LogP contribution in [-0.4, -0.2) is 61.3 Å². The van der Waals surface area contributed by atoms with Gasteiger partial charge >= 0.3 is 45.2 Å². The molecule has 0 aromatic heterocycles. The van der Waals surface area contributed by atoms with E-state index in [2.05, 4.69) is 9.47 Å². The van der Waals surface area contributed by atoms with Crippen molar-refractivity contribution < 1.29 is 67.5 Å². The van der Waals surface area contributed by atoms with Gasteiger partial charge in [0.15, 0.2) is 0 Å². The summed E-state index contributed by atoms with van der Waals surface area (Å²) < 4.78 is 141. The molecule has 214 valence electrons. The minimum Gasteiger partial charge on any atom is -0.461 e. The second kappa shape index (κ2) is 9.81. The van der Waals surface area contributed by atoms with E-state index in [9.17, 15) is 48.7 Å². The molecule has 1 N–H and O–H groups in total. The number of hydrogen-bond acceptors (Lipinski definition) is 7. The molecule has 16 heteroatoms. The van der Waals surface area contributed by atoms with Crippen LogP contribution in [0, 0.1) is 23.2 Å². The van der Waals surface area contributed by atoms with Crippen LogP contribution in [0.2, 0.25) is 0 Å². The molecule has 0 aromatic rings. The Labute approximate surface area is 207 Å². The molecule has 3 aliphatic carbocycles. The molecule has 3 bridgehead atoms. The zero-order chi connectivity index (χ0) is 28.1. The highest BCUT2D eigenvalue weighted by Gasteiger charge is 2.71. The van der Waals surface area contributed by atoms with Crippen LogP contribution >= 0.6 is 0 Å². The average molecular weight is 572 g/mol. The molecule has 3 atom stereocenters. The van der Waals surface area contributed by atoms with Crippen molar-refractivity contribution in [3.8, 4) is 0 Å². The van der Waals surface area contributed by atoms with Crippen molar-refractivity contribution >= 4 is 22.1 Å². The van der Waals surface area contributed by atoms with Crippen molar-refractivity contribution in [2.45, 2.75) is 81.4 Å². The van der Waals surface area contributed by atoms with Crippen LogP contribution in [0.3, 0.4) is 0 Å².